The van der Waals surface area contributed by atoms with E-state index in [0.717, 1.165) is 30.4 Å². The smallest absolute Gasteiger partial charge is 0.254 e. The lowest BCUT2D eigenvalue weighted by atomic mass is 10.0. The highest BCUT2D eigenvalue weighted by molar-refractivity contribution is 9.10. The van der Waals surface area contributed by atoms with Crippen LogP contribution in [0.15, 0.2) is 16.6 Å². The zero-order valence-corrected chi connectivity index (χ0v) is 14.8. The number of fused-ring (bicyclic) bond motifs is 1. The first-order valence-corrected chi connectivity index (χ1v) is 8.04. The fourth-order valence-corrected chi connectivity index (χ4v) is 3.34. The number of hydrogen-bond acceptors (Lipinski definition) is 4. The molecule has 1 amide bonds. The lowest BCUT2D eigenvalue weighted by molar-refractivity contribution is 0.0706. The van der Waals surface area contributed by atoms with Gasteiger partial charge in [0.1, 0.15) is 13.2 Å². The molecule has 7 heteroatoms. The van der Waals surface area contributed by atoms with E-state index in [0.29, 0.717) is 36.3 Å². The maximum Gasteiger partial charge on any atom is 0.254 e. The molecule has 2 aliphatic heterocycles. The summed E-state index contributed by atoms with van der Waals surface area (Å²) in [5.74, 6) is 1.39. The van der Waals surface area contributed by atoms with Gasteiger partial charge in [-0.15, -0.1) is 12.4 Å². The summed E-state index contributed by atoms with van der Waals surface area (Å²) in [6.45, 7) is 2.63. The fourth-order valence-electron chi connectivity index (χ4n) is 2.79. The number of carbonyl (C=O) groups excluding carboxylic acids is 1. The number of hydrogen-bond donors (Lipinski definition) is 1. The van der Waals surface area contributed by atoms with Gasteiger partial charge < -0.3 is 19.7 Å². The highest BCUT2D eigenvalue weighted by Gasteiger charge is 2.25. The van der Waals surface area contributed by atoms with Crippen LogP contribution in [0, 0.1) is 0 Å². The fraction of sp³-hybridized carbons (Fsp3) is 0.533. The average molecular weight is 392 g/mol. The third-order valence-electron chi connectivity index (χ3n) is 4.03. The molecule has 2 aliphatic rings. The number of rotatable bonds is 2. The minimum absolute atomic E-state index is 0. The van der Waals surface area contributed by atoms with Gasteiger partial charge in [0.15, 0.2) is 11.5 Å². The zero-order chi connectivity index (χ0) is 14.8. The summed E-state index contributed by atoms with van der Waals surface area (Å²) in [5.41, 5.74) is 0.647. The van der Waals surface area contributed by atoms with Gasteiger partial charge in [0, 0.05) is 24.7 Å². The SMILES string of the molecule is CNC1CCN(C(=O)c2cc(Br)c3c(c2)OCCO3)CC1.Cl. The summed E-state index contributed by atoms with van der Waals surface area (Å²) >= 11 is 3.46. The number of piperidine rings is 1. The molecule has 1 aromatic carbocycles. The van der Waals surface area contributed by atoms with Crippen molar-refractivity contribution in [1.29, 1.82) is 0 Å². The third-order valence-corrected chi connectivity index (χ3v) is 4.62. The molecule has 0 atom stereocenters. The van der Waals surface area contributed by atoms with Crippen LogP contribution in [0.3, 0.4) is 0 Å². The number of likely N-dealkylation sites (tertiary alicyclic amines) is 1. The van der Waals surface area contributed by atoms with Gasteiger partial charge in [-0.25, -0.2) is 0 Å². The van der Waals surface area contributed by atoms with E-state index in [9.17, 15) is 4.79 Å². The van der Waals surface area contributed by atoms with Gasteiger partial charge in [-0.3, -0.25) is 4.79 Å². The molecule has 0 spiro atoms. The van der Waals surface area contributed by atoms with Crippen LogP contribution in [-0.4, -0.2) is 50.2 Å². The number of amides is 1. The van der Waals surface area contributed by atoms with Crippen molar-refractivity contribution in [3.05, 3.63) is 22.2 Å². The Bertz CT molecular complexity index is 548. The van der Waals surface area contributed by atoms with E-state index < -0.39 is 0 Å². The minimum Gasteiger partial charge on any atom is -0.486 e. The van der Waals surface area contributed by atoms with Gasteiger partial charge in [0.25, 0.3) is 5.91 Å². The maximum absolute atomic E-state index is 12.6. The van der Waals surface area contributed by atoms with Crippen LogP contribution >= 0.6 is 28.3 Å². The minimum atomic E-state index is 0. The summed E-state index contributed by atoms with van der Waals surface area (Å²) in [6.07, 6.45) is 1.99. The second kappa shape index (κ2) is 7.53. The lowest BCUT2D eigenvalue weighted by Gasteiger charge is -2.32. The van der Waals surface area contributed by atoms with E-state index in [1.54, 1.807) is 6.07 Å². The van der Waals surface area contributed by atoms with Crippen molar-refractivity contribution in [2.24, 2.45) is 0 Å². The van der Waals surface area contributed by atoms with Gasteiger partial charge in [-0.2, -0.15) is 0 Å². The van der Waals surface area contributed by atoms with Crippen LogP contribution in [0.1, 0.15) is 23.2 Å². The van der Waals surface area contributed by atoms with Gasteiger partial charge in [-0.05, 0) is 48.0 Å². The van der Waals surface area contributed by atoms with Crippen molar-refractivity contribution in [1.82, 2.24) is 10.2 Å². The maximum atomic E-state index is 12.6. The van der Waals surface area contributed by atoms with Crippen LogP contribution in [0.4, 0.5) is 0 Å². The molecular weight excluding hydrogens is 372 g/mol. The first kappa shape index (κ1) is 17.4. The zero-order valence-electron chi connectivity index (χ0n) is 12.4. The standard InChI is InChI=1S/C15H19BrN2O3.ClH/c1-17-11-2-4-18(5-3-11)15(19)10-8-12(16)14-13(9-10)20-6-7-21-14;/h8-9,11,17H,2-7H2,1H3;1H. The molecule has 1 aromatic rings. The highest BCUT2D eigenvalue weighted by atomic mass is 79.9. The number of carbonyl (C=O) groups is 1. The van der Waals surface area contributed by atoms with E-state index in [-0.39, 0.29) is 18.3 Å². The number of ether oxygens (including phenoxy) is 2. The van der Waals surface area contributed by atoms with Crippen LogP contribution in [-0.2, 0) is 0 Å². The molecule has 122 valence electrons. The van der Waals surface area contributed by atoms with Crippen molar-refractivity contribution < 1.29 is 14.3 Å². The molecule has 5 nitrogen and oxygen atoms in total. The van der Waals surface area contributed by atoms with E-state index >= 15 is 0 Å². The molecule has 2 heterocycles. The Morgan fingerprint density at radius 3 is 2.64 bits per heavy atom. The Hall–Kier alpha value is -0.980. The van der Waals surface area contributed by atoms with Crippen LogP contribution in [0.2, 0.25) is 0 Å². The van der Waals surface area contributed by atoms with E-state index in [2.05, 4.69) is 21.2 Å². The monoisotopic (exact) mass is 390 g/mol. The van der Waals surface area contributed by atoms with Crippen molar-refractivity contribution in [3.8, 4) is 11.5 Å². The van der Waals surface area contributed by atoms with Gasteiger partial charge in [0.2, 0.25) is 0 Å². The van der Waals surface area contributed by atoms with Gasteiger partial charge >= 0.3 is 0 Å². The van der Waals surface area contributed by atoms with Gasteiger partial charge in [-0.1, -0.05) is 0 Å². The quantitative estimate of drug-likeness (QED) is 0.841. The van der Waals surface area contributed by atoms with Crippen molar-refractivity contribution >= 4 is 34.2 Å². The van der Waals surface area contributed by atoms with Crippen molar-refractivity contribution in [2.45, 2.75) is 18.9 Å². The number of nitrogens with zero attached hydrogens (tertiary/aromatic N) is 1. The van der Waals surface area contributed by atoms with Crippen LogP contribution < -0.4 is 14.8 Å². The molecule has 0 radical (unpaired) electrons. The Kier molecular flexibility index (Phi) is 5.94. The van der Waals surface area contributed by atoms with Crippen LogP contribution in [0.25, 0.3) is 0 Å². The molecular formula is C15H20BrClN2O3. The number of benzene rings is 1. The molecule has 1 N–H and O–H groups in total. The largest absolute Gasteiger partial charge is 0.486 e. The van der Waals surface area contributed by atoms with E-state index in [1.807, 2.05) is 18.0 Å². The van der Waals surface area contributed by atoms with E-state index in [4.69, 9.17) is 9.47 Å². The number of halogens is 2. The number of nitrogens with one attached hydrogen (secondary N) is 1. The highest BCUT2D eigenvalue weighted by Crippen LogP contribution is 2.38. The predicted octanol–water partition coefficient (Wildman–Crippen LogP) is 2.47. The topological polar surface area (TPSA) is 50.8 Å². The average Bonchev–Trinajstić information content (AvgIpc) is 2.54. The summed E-state index contributed by atoms with van der Waals surface area (Å²) in [4.78, 5) is 14.5. The predicted molar refractivity (Wildman–Crippen MR) is 90.4 cm³/mol. The summed E-state index contributed by atoms with van der Waals surface area (Å²) in [5, 5.41) is 3.27. The lowest BCUT2D eigenvalue weighted by Crippen LogP contribution is -2.44. The van der Waals surface area contributed by atoms with Crippen molar-refractivity contribution in [2.75, 3.05) is 33.4 Å². The Morgan fingerprint density at radius 1 is 1.27 bits per heavy atom. The van der Waals surface area contributed by atoms with E-state index in [1.165, 1.54) is 0 Å². The summed E-state index contributed by atoms with van der Waals surface area (Å²) < 4.78 is 11.9. The normalized spacial score (nSPS) is 17.8. The molecule has 3 rings (SSSR count). The van der Waals surface area contributed by atoms with Crippen molar-refractivity contribution in [3.63, 3.8) is 0 Å². The molecule has 1 saturated heterocycles. The first-order valence-electron chi connectivity index (χ1n) is 7.24. The molecule has 1 fully saturated rings. The Morgan fingerprint density at radius 2 is 1.95 bits per heavy atom. The summed E-state index contributed by atoms with van der Waals surface area (Å²) in [7, 11) is 1.97. The Balaban J connectivity index is 0.00000176. The third kappa shape index (κ3) is 3.50. The molecule has 0 aliphatic carbocycles. The van der Waals surface area contributed by atoms with Crippen LogP contribution in [0.5, 0.6) is 11.5 Å². The molecule has 0 unspecified atom stereocenters. The molecule has 0 saturated carbocycles. The summed E-state index contributed by atoms with van der Waals surface area (Å²) in [6, 6.07) is 4.12. The Labute approximate surface area is 144 Å². The molecule has 22 heavy (non-hydrogen) atoms. The second-order valence-corrected chi connectivity index (χ2v) is 6.19. The second-order valence-electron chi connectivity index (χ2n) is 5.34. The molecule has 0 bridgehead atoms. The molecule has 0 aromatic heterocycles. The first-order chi connectivity index (χ1) is 10.2. The van der Waals surface area contributed by atoms with Gasteiger partial charge in [0.05, 0.1) is 4.47 Å².